The van der Waals surface area contributed by atoms with Crippen molar-refractivity contribution >= 4 is 18.1 Å². The van der Waals surface area contributed by atoms with Gasteiger partial charge in [0.1, 0.15) is 5.69 Å². The summed E-state index contributed by atoms with van der Waals surface area (Å²) >= 11 is 0. The van der Waals surface area contributed by atoms with Crippen LogP contribution in [0.25, 0.3) is 11.3 Å². The lowest BCUT2D eigenvalue weighted by Crippen LogP contribution is -2.22. The highest BCUT2D eigenvalue weighted by atomic mass is 16.4. The molecule has 0 bridgehead atoms. The lowest BCUT2D eigenvalue weighted by atomic mass is 10.1. The molecule has 27 heavy (non-hydrogen) atoms. The van der Waals surface area contributed by atoms with Gasteiger partial charge < -0.3 is 5.11 Å². The Morgan fingerprint density at radius 1 is 1.00 bits per heavy atom. The Balaban J connectivity index is 1.68. The maximum atomic E-state index is 12.4. The summed E-state index contributed by atoms with van der Waals surface area (Å²) in [7, 11) is 1.51. The van der Waals surface area contributed by atoms with E-state index < -0.39 is 11.9 Å². The predicted molar refractivity (Wildman–Crippen MR) is 101 cm³/mol. The van der Waals surface area contributed by atoms with Gasteiger partial charge in [0.2, 0.25) is 0 Å². The summed E-state index contributed by atoms with van der Waals surface area (Å²) in [6.07, 6.45) is 4.43. The van der Waals surface area contributed by atoms with Gasteiger partial charge in [-0.1, -0.05) is 42.5 Å². The number of carbonyl (C=O) groups excluding carboxylic acids is 1. The summed E-state index contributed by atoms with van der Waals surface area (Å²) in [5.41, 5.74) is 2.63. The van der Waals surface area contributed by atoms with Crippen molar-refractivity contribution in [2.24, 2.45) is 5.10 Å². The molecule has 0 aliphatic carbocycles. The van der Waals surface area contributed by atoms with E-state index in [-0.39, 0.29) is 11.3 Å². The number of hydrazone groups is 1. The van der Waals surface area contributed by atoms with Gasteiger partial charge in [-0.2, -0.15) is 5.10 Å². The highest BCUT2D eigenvalue weighted by Gasteiger charge is 2.13. The number of aromatic carboxylic acids is 1. The van der Waals surface area contributed by atoms with Crippen LogP contribution in [0.3, 0.4) is 0 Å². The third kappa shape index (κ3) is 4.40. The van der Waals surface area contributed by atoms with Crippen molar-refractivity contribution in [3.05, 3.63) is 83.8 Å². The molecule has 0 unspecified atom stereocenters. The summed E-state index contributed by atoms with van der Waals surface area (Å²) in [5, 5.41) is 14.1. The van der Waals surface area contributed by atoms with Crippen molar-refractivity contribution in [2.45, 2.75) is 0 Å². The van der Waals surface area contributed by atoms with E-state index in [0.29, 0.717) is 11.3 Å². The molecule has 0 saturated carbocycles. The number of hydrogen-bond donors (Lipinski definition) is 1. The van der Waals surface area contributed by atoms with Gasteiger partial charge in [-0.25, -0.2) is 14.8 Å². The molecule has 7 nitrogen and oxygen atoms in total. The minimum Gasteiger partial charge on any atom is -0.478 e. The summed E-state index contributed by atoms with van der Waals surface area (Å²) < 4.78 is 0. The molecule has 2 aromatic carbocycles. The third-order valence-corrected chi connectivity index (χ3v) is 3.77. The van der Waals surface area contributed by atoms with Crippen LogP contribution in [0.4, 0.5) is 0 Å². The maximum Gasteiger partial charge on any atom is 0.335 e. The van der Waals surface area contributed by atoms with E-state index in [4.69, 9.17) is 5.11 Å². The Hall–Kier alpha value is -3.87. The molecule has 7 heteroatoms. The van der Waals surface area contributed by atoms with E-state index in [2.05, 4.69) is 15.1 Å². The Morgan fingerprint density at radius 3 is 2.30 bits per heavy atom. The van der Waals surface area contributed by atoms with Crippen molar-refractivity contribution in [3.63, 3.8) is 0 Å². The molecule has 0 radical (unpaired) electrons. The number of amides is 1. The number of rotatable bonds is 5. The van der Waals surface area contributed by atoms with Gasteiger partial charge in [0.15, 0.2) is 0 Å². The summed E-state index contributed by atoms with van der Waals surface area (Å²) in [6, 6.07) is 15.7. The van der Waals surface area contributed by atoms with Crippen molar-refractivity contribution in [1.29, 1.82) is 0 Å². The quantitative estimate of drug-likeness (QED) is 0.557. The second-order valence-corrected chi connectivity index (χ2v) is 5.65. The first kappa shape index (κ1) is 17.9. The van der Waals surface area contributed by atoms with Gasteiger partial charge in [0.25, 0.3) is 5.91 Å². The first-order chi connectivity index (χ1) is 13.0. The Labute approximate surface area is 155 Å². The average molecular weight is 360 g/mol. The van der Waals surface area contributed by atoms with Crippen molar-refractivity contribution < 1.29 is 14.7 Å². The molecule has 3 aromatic rings. The van der Waals surface area contributed by atoms with Crippen LogP contribution in [0.15, 0.2) is 72.1 Å². The van der Waals surface area contributed by atoms with Gasteiger partial charge >= 0.3 is 5.97 Å². The van der Waals surface area contributed by atoms with Crippen LogP contribution in [0.2, 0.25) is 0 Å². The molecular formula is C20H16N4O3. The molecule has 1 amide bonds. The van der Waals surface area contributed by atoms with E-state index in [1.54, 1.807) is 18.3 Å². The highest BCUT2D eigenvalue weighted by Crippen LogP contribution is 2.15. The molecule has 0 aliphatic rings. The van der Waals surface area contributed by atoms with E-state index in [1.807, 2.05) is 30.3 Å². The van der Waals surface area contributed by atoms with Crippen LogP contribution in [0.1, 0.15) is 26.4 Å². The molecule has 1 heterocycles. The molecule has 3 rings (SSSR count). The van der Waals surface area contributed by atoms with Gasteiger partial charge in [-0.3, -0.25) is 9.78 Å². The first-order valence-corrected chi connectivity index (χ1v) is 8.07. The fraction of sp³-hybridized carbons (Fsp3) is 0.0500. The van der Waals surface area contributed by atoms with Crippen molar-refractivity contribution in [2.75, 3.05) is 7.05 Å². The van der Waals surface area contributed by atoms with Crippen LogP contribution in [0, 0.1) is 0 Å². The van der Waals surface area contributed by atoms with Gasteiger partial charge in [0, 0.05) is 12.6 Å². The number of benzene rings is 2. The standard InChI is InChI=1S/C20H16N4O3/c1-24(23-11-14-7-9-16(10-8-14)20(26)27)19(25)18-13-21-17(12-22-18)15-5-3-2-4-6-15/h2-13H,1H3,(H,26,27). The molecule has 134 valence electrons. The van der Waals surface area contributed by atoms with Crippen LogP contribution >= 0.6 is 0 Å². The molecule has 1 N–H and O–H groups in total. The molecule has 0 atom stereocenters. The molecular weight excluding hydrogens is 344 g/mol. The topological polar surface area (TPSA) is 95.8 Å². The van der Waals surface area contributed by atoms with E-state index in [9.17, 15) is 9.59 Å². The van der Waals surface area contributed by atoms with Gasteiger partial charge in [0.05, 0.1) is 29.9 Å². The summed E-state index contributed by atoms with van der Waals surface area (Å²) in [4.78, 5) is 31.7. The van der Waals surface area contributed by atoms with E-state index in [0.717, 1.165) is 10.6 Å². The van der Waals surface area contributed by atoms with Crippen molar-refractivity contribution in [3.8, 4) is 11.3 Å². The highest BCUT2D eigenvalue weighted by molar-refractivity contribution is 5.93. The average Bonchev–Trinajstić information content (AvgIpc) is 2.72. The van der Waals surface area contributed by atoms with E-state index in [1.165, 1.54) is 31.6 Å². The van der Waals surface area contributed by atoms with Crippen LogP contribution < -0.4 is 0 Å². The third-order valence-electron chi connectivity index (χ3n) is 3.77. The number of carbonyl (C=O) groups is 2. The smallest absolute Gasteiger partial charge is 0.335 e. The fourth-order valence-corrected chi connectivity index (χ4v) is 2.28. The fourth-order valence-electron chi connectivity index (χ4n) is 2.28. The molecule has 1 aromatic heterocycles. The maximum absolute atomic E-state index is 12.4. The number of nitrogens with zero attached hydrogens (tertiary/aromatic N) is 4. The van der Waals surface area contributed by atoms with Crippen LogP contribution in [-0.4, -0.2) is 45.2 Å². The monoisotopic (exact) mass is 360 g/mol. The molecule has 0 saturated heterocycles. The minimum atomic E-state index is -0.997. The number of aromatic nitrogens is 2. The second kappa shape index (κ2) is 8.01. The minimum absolute atomic E-state index is 0.176. The Bertz CT molecular complexity index is 968. The second-order valence-electron chi connectivity index (χ2n) is 5.65. The molecule has 0 spiro atoms. The largest absolute Gasteiger partial charge is 0.478 e. The summed E-state index contributed by atoms with van der Waals surface area (Å²) in [5.74, 6) is -1.40. The number of carboxylic acids is 1. The zero-order valence-corrected chi connectivity index (χ0v) is 14.5. The lowest BCUT2D eigenvalue weighted by Gasteiger charge is -2.10. The first-order valence-electron chi connectivity index (χ1n) is 8.07. The molecule has 0 aliphatic heterocycles. The summed E-state index contributed by atoms with van der Waals surface area (Å²) in [6.45, 7) is 0. The van der Waals surface area contributed by atoms with Crippen LogP contribution in [0.5, 0.6) is 0 Å². The Kier molecular flexibility index (Phi) is 5.32. The number of hydrogen-bond acceptors (Lipinski definition) is 5. The van der Waals surface area contributed by atoms with Gasteiger partial charge in [-0.05, 0) is 17.7 Å². The van der Waals surface area contributed by atoms with Gasteiger partial charge in [-0.15, -0.1) is 0 Å². The zero-order chi connectivity index (χ0) is 19.2. The van der Waals surface area contributed by atoms with E-state index >= 15 is 0 Å². The zero-order valence-electron chi connectivity index (χ0n) is 14.5. The SMILES string of the molecule is CN(N=Cc1ccc(C(=O)O)cc1)C(=O)c1cnc(-c2ccccc2)cn1. The number of carboxylic acid groups (broad SMARTS) is 1. The predicted octanol–water partition coefficient (Wildman–Crippen LogP) is 2.95. The normalized spacial score (nSPS) is 10.7. The Morgan fingerprint density at radius 2 is 1.70 bits per heavy atom. The lowest BCUT2D eigenvalue weighted by molar-refractivity contribution is 0.0696. The van der Waals surface area contributed by atoms with Crippen LogP contribution in [-0.2, 0) is 0 Å². The van der Waals surface area contributed by atoms with Crippen molar-refractivity contribution in [1.82, 2.24) is 15.0 Å². The molecule has 0 fully saturated rings.